The Morgan fingerprint density at radius 1 is 1.38 bits per heavy atom. The van der Waals surface area contributed by atoms with Crippen LogP contribution in [0.4, 0.5) is 0 Å². The van der Waals surface area contributed by atoms with Gasteiger partial charge in [-0.15, -0.1) is 5.06 Å². The van der Waals surface area contributed by atoms with Crippen LogP contribution in [0.15, 0.2) is 0 Å². The van der Waals surface area contributed by atoms with E-state index in [1.54, 1.807) is 5.06 Å². The van der Waals surface area contributed by atoms with Crippen molar-refractivity contribution in [2.45, 2.75) is 40.7 Å². The van der Waals surface area contributed by atoms with E-state index in [9.17, 15) is 4.79 Å². The summed E-state index contributed by atoms with van der Waals surface area (Å²) in [5.41, 5.74) is -0.425. The molecule has 94 valence electrons. The van der Waals surface area contributed by atoms with Crippen molar-refractivity contribution in [2.75, 3.05) is 26.2 Å². The first-order valence-corrected chi connectivity index (χ1v) is 6.06. The molecule has 0 amide bonds. The molecule has 0 N–H and O–H groups in total. The molecule has 0 unspecified atom stereocenters. The lowest BCUT2D eigenvalue weighted by Gasteiger charge is -2.38. The Balaban J connectivity index is 2.44. The molecule has 0 radical (unpaired) electrons. The molecule has 0 aromatic heterocycles. The number of likely N-dealkylation sites (N-methyl/N-ethyl adjacent to an activating group) is 1. The molecule has 0 bridgehead atoms. The van der Waals surface area contributed by atoms with Gasteiger partial charge >= 0.3 is 5.97 Å². The second-order valence-electron chi connectivity index (χ2n) is 5.49. The first-order valence-electron chi connectivity index (χ1n) is 6.06. The van der Waals surface area contributed by atoms with Gasteiger partial charge in [-0.1, -0.05) is 6.92 Å². The van der Waals surface area contributed by atoms with Gasteiger partial charge in [0, 0.05) is 19.1 Å². The third kappa shape index (κ3) is 3.46. The zero-order valence-corrected chi connectivity index (χ0v) is 11.1. The van der Waals surface area contributed by atoms with Crippen molar-refractivity contribution in [1.82, 2.24) is 9.96 Å². The molecule has 1 saturated heterocycles. The molecule has 1 atom stereocenters. The Hall–Kier alpha value is -0.610. The second kappa shape index (κ2) is 5.15. The second-order valence-corrected chi connectivity index (χ2v) is 5.49. The Morgan fingerprint density at radius 2 is 2.00 bits per heavy atom. The van der Waals surface area contributed by atoms with Crippen LogP contribution in [0.25, 0.3) is 0 Å². The van der Waals surface area contributed by atoms with Crippen molar-refractivity contribution in [3.63, 3.8) is 0 Å². The molecule has 0 aromatic carbocycles. The fourth-order valence-corrected chi connectivity index (χ4v) is 1.77. The number of hydrogen-bond donors (Lipinski definition) is 0. The van der Waals surface area contributed by atoms with E-state index in [4.69, 9.17) is 4.84 Å². The summed E-state index contributed by atoms with van der Waals surface area (Å²) in [5.74, 6) is -0.148. The third-order valence-electron chi connectivity index (χ3n) is 2.96. The summed E-state index contributed by atoms with van der Waals surface area (Å²) in [6.07, 6.45) is 0. The predicted octanol–water partition coefficient (Wildman–Crippen LogP) is 1.52. The van der Waals surface area contributed by atoms with E-state index in [0.717, 1.165) is 26.2 Å². The first kappa shape index (κ1) is 13.5. The summed E-state index contributed by atoms with van der Waals surface area (Å²) >= 11 is 0. The molecule has 1 rings (SSSR count). The van der Waals surface area contributed by atoms with Crippen LogP contribution in [0, 0.1) is 5.41 Å². The standard InChI is InChI=1S/C12H24N2O2/c1-6-13-7-8-14(9-10(13)2)16-11(15)12(3,4)5/h10H,6-9H2,1-5H3/t10-/m1/s1. The monoisotopic (exact) mass is 228 g/mol. The van der Waals surface area contributed by atoms with Gasteiger partial charge in [0.25, 0.3) is 0 Å². The Kier molecular flexibility index (Phi) is 4.33. The molecule has 0 spiro atoms. The minimum absolute atomic E-state index is 0.148. The van der Waals surface area contributed by atoms with Gasteiger partial charge in [0.05, 0.1) is 12.0 Å². The van der Waals surface area contributed by atoms with Crippen LogP contribution in [0.2, 0.25) is 0 Å². The van der Waals surface area contributed by atoms with Crippen molar-refractivity contribution in [1.29, 1.82) is 0 Å². The predicted molar refractivity (Wildman–Crippen MR) is 63.8 cm³/mol. The van der Waals surface area contributed by atoms with E-state index < -0.39 is 5.41 Å². The summed E-state index contributed by atoms with van der Waals surface area (Å²) in [7, 11) is 0. The maximum absolute atomic E-state index is 11.7. The van der Waals surface area contributed by atoms with Gasteiger partial charge in [-0.05, 0) is 34.2 Å². The van der Waals surface area contributed by atoms with Crippen molar-refractivity contribution in [3.05, 3.63) is 0 Å². The number of carbonyl (C=O) groups is 1. The number of piperazine rings is 1. The average molecular weight is 228 g/mol. The molecule has 0 aliphatic carbocycles. The number of nitrogens with zero attached hydrogens (tertiary/aromatic N) is 2. The molecule has 1 aliphatic rings. The lowest BCUT2D eigenvalue weighted by molar-refractivity contribution is -0.210. The average Bonchev–Trinajstić information content (AvgIpc) is 2.16. The number of carbonyl (C=O) groups excluding carboxylic acids is 1. The maximum atomic E-state index is 11.7. The normalized spacial score (nSPS) is 24.4. The number of hydroxylamine groups is 2. The van der Waals surface area contributed by atoms with Gasteiger partial charge in [-0.2, -0.15) is 0 Å². The zero-order chi connectivity index (χ0) is 12.3. The van der Waals surface area contributed by atoms with Gasteiger partial charge in [-0.25, -0.2) is 4.79 Å². The fourth-order valence-electron chi connectivity index (χ4n) is 1.77. The first-order chi connectivity index (χ1) is 7.34. The van der Waals surface area contributed by atoms with E-state index in [2.05, 4.69) is 18.7 Å². The van der Waals surface area contributed by atoms with Gasteiger partial charge in [-0.3, -0.25) is 4.90 Å². The topological polar surface area (TPSA) is 32.8 Å². The van der Waals surface area contributed by atoms with E-state index in [1.807, 2.05) is 20.8 Å². The van der Waals surface area contributed by atoms with Gasteiger partial charge in [0.2, 0.25) is 0 Å². The van der Waals surface area contributed by atoms with Crippen LogP contribution >= 0.6 is 0 Å². The molecular formula is C12H24N2O2. The fraction of sp³-hybridized carbons (Fsp3) is 0.917. The number of rotatable bonds is 2. The van der Waals surface area contributed by atoms with E-state index >= 15 is 0 Å². The van der Waals surface area contributed by atoms with Crippen molar-refractivity contribution in [3.8, 4) is 0 Å². The molecule has 4 heteroatoms. The minimum atomic E-state index is -0.425. The molecule has 4 nitrogen and oxygen atoms in total. The largest absolute Gasteiger partial charge is 0.367 e. The highest BCUT2D eigenvalue weighted by atomic mass is 16.7. The minimum Gasteiger partial charge on any atom is -0.367 e. The van der Waals surface area contributed by atoms with E-state index in [1.165, 1.54) is 0 Å². The van der Waals surface area contributed by atoms with Crippen LogP contribution < -0.4 is 0 Å². The van der Waals surface area contributed by atoms with E-state index in [-0.39, 0.29) is 5.97 Å². The summed E-state index contributed by atoms with van der Waals surface area (Å²) in [6, 6.07) is 0.450. The van der Waals surface area contributed by atoms with Gasteiger partial charge in [0.15, 0.2) is 0 Å². The van der Waals surface area contributed by atoms with Crippen LogP contribution in [0.5, 0.6) is 0 Å². The Bertz CT molecular complexity index is 248. The molecule has 0 saturated carbocycles. The summed E-state index contributed by atoms with van der Waals surface area (Å²) in [5, 5.41) is 1.80. The van der Waals surface area contributed by atoms with E-state index in [0.29, 0.717) is 6.04 Å². The summed E-state index contributed by atoms with van der Waals surface area (Å²) < 4.78 is 0. The van der Waals surface area contributed by atoms with Crippen LogP contribution in [-0.2, 0) is 9.63 Å². The van der Waals surface area contributed by atoms with Crippen molar-refractivity contribution >= 4 is 5.97 Å². The van der Waals surface area contributed by atoms with Gasteiger partial charge < -0.3 is 4.84 Å². The molecule has 1 fully saturated rings. The van der Waals surface area contributed by atoms with Crippen LogP contribution in [0.1, 0.15) is 34.6 Å². The lowest BCUT2D eigenvalue weighted by atomic mass is 9.98. The SMILES string of the molecule is CCN1CCN(OC(=O)C(C)(C)C)C[C@H]1C. The Morgan fingerprint density at radius 3 is 2.44 bits per heavy atom. The molecule has 1 heterocycles. The Labute approximate surface area is 98.5 Å². The van der Waals surface area contributed by atoms with Crippen LogP contribution in [-0.4, -0.2) is 48.2 Å². The molecule has 0 aromatic rings. The smallest absolute Gasteiger partial charge is 0.330 e. The highest BCUT2D eigenvalue weighted by molar-refractivity contribution is 5.75. The lowest BCUT2D eigenvalue weighted by Crippen LogP contribution is -2.52. The third-order valence-corrected chi connectivity index (χ3v) is 2.96. The molecular weight excluding hydrogens is 204 g/mol. The maximum Gasteiger partial charge on any atom is 0.330 e. The number of hydrogen-bond acceptors (Lipinski definition) is 4. The zero-order valence-electron chi connectivity index (χ0n) is 11.1. The molecule has 1 aliphatic heterocycles. The summed E-state index contributed by atoms with van der Waals surface area (Å²) in [6.45, 7) is 13.6. The van der Waals surface area contributed by atoms with Gasteiger partial charge in [0.1, 0.15) is 0 Å². The quantitative estimate of drug-likeness (QED) is 0.717. The van der Waals surface area contributed by atoms with Crippen molar-refractivity contribution in [2.24, 2.45) is 5.41 Å². The summed E-state index contributed by atoms with van der Waals surface area (Å²) in [4.78, 5) is 19.5. The van der Waals surface area contributed by atoms with Crippen molar-refractivity contribution < 1.29 is 9.63 Å². The highest BCUT2D eigenvalue weighted by Gasteiger charge is 2.29. The molecule has 16 heavy (non-hydrogen) atoms. The van der Waals surface area contributed by atoms with Crippen LogP contribution in [0.3, 0.4) is 0 Å². The highest BCUT2D eigenvalue weighted by Crippen LogP contribution is 2.18.